The highest BCUT2D eigenvalue weighted by Crippen LogP contribution is 2.25. The van der Waals surface area contributed by atoms with Crippen molar-refractivity contribution in [3.63, 3.8) is 0 Å². The van der Waals surface area contributed by atoms with Crippen LogP contribution >= 0.6 is 0 Å². The van der Waals surface area contributed by atoms with Crippen LogP contribution in [0.2, 0.25) is 0 Å². The van der Waals surface area contributed by atoms with E-state index in [2.05, 4.69) is 5.32 Å². The van der Waals surface area contributed by atoms with E-state index in [0.717, 1.165) is 24.2 Å². The fourth-order valence-corrected chi connectivity index (χ4v) is 1.77. The minimum Gasteiger partial charge on any atom is -0.384 e. The van der Waals surface area contributed by atoms with E-state index in [4.69, 9.17) is 5.73 Å². The molecule has 1 aromatic carbocycles. The molecule has 2 rings (SSSR count). The molecule has 3 heteroatoms. The van der Waals surface area contributed by atoms with Gasteiger partial charge in [-0.15, -0.1) is 0 Å². The van der Waals surface area contributed by atoms with Gasteiger partial charge in [0.05, 0.1) is 6.42 Å². The summed E-state index contributed by atoms with van der Waals surface area (Å²) in [5.41, 5.74) is 8.63. The Morgan fingerprint density at radius 1 is 1.54 bits per heavy atom. The number of amides is 1. The summed E-state index contributed by atoms with van der Waals surface area (Å²) >= 11 is 0. The third-order valence-corrected chi connectivity index (χ3v) is 2.33. The first-order valence-corrected chi connectivity index (χ1v) is 4.40. The van der Waals surface area contributed by atoms with Gasteiger partial charge in [0.15, 0.2) is 0 Å². The Kier molecular flexibility index (Phi) is 1.93. The van der Waals surface area contributed by atoms with Crippen molar-refractivity contribution in [2.45, 2.75) is 12.8 Å². The topological polar surface area (TPSA) is 55.1 Å². The summed E-state index contributed by atoms with van der Waals surface area (Å²) in [6.45, 7) is 0.963. The zero-order chi connectivity index (χ0) is 9.26. The fraction of sp³-hybridized carbons (Fsp3) is 0.300. The van der Waals surface area contributed by atoms with Crippen molar-refractivity contribution in [1.82, 2.24) is 0 Å². The molecule has 0 radical (unpaired) electrons. The Morgan fingerprint density at radius 2 is 2.38 bits per heavy atom. The first-order valence-electron chi connectivity index (χ1n) is 4.40. The molecule has 1 aromatic rings. The number of nitrogens with one attached hydrogen (secondary N) is 1. The Morgan fingerprint density at radius 3 is 3.15 bits per heavy atom. The van der Waals surface area contributed by atoms with Crippen LogP contribution in [-0.2, 0) is 17.6 Å². The number of carbonyl (C=O) groups is 1. The van der Waals surface area contributed by atoms with Gasteiger partial charge in [-0.25, -0.2) is 0 Å². The van der Waals surface area contributed by atoms with Gasteiger partial charge in [-0.1, -0.05) is 12.1 Å². The third-order valence-electron chi connectivity index (χ3n) is 2.33. The molecule has 1 amide bonds. The molecule has 0 saturated heterocycles. The number of rotatable bonds is 2. The lowest BCUT2D eigenvalue weighted by molar-refractivity contribution is -0.117. The molecule has 1 aliphatic heterocycles. The molecule has 0 fully saturated rings. The second kappa shape index (κ2) is 3.09. The summed E-state index contributed by atoms with van der Waals surface area (Å²) in [6.07, 6.45) is 1.35. The molecule has 1 aliphatic rings. The van der Waals surface area contributed by atoms with Crippen molar-refractivity contribution in [2.24, 2.45) is 5.73 Å². The molecular formula is C10H12N2O. The number of nitrogens with two attached hydrogens (primary N) is 1. The van der Waals surface area contributed by atoms with E-state index in [1.165, 1.54) is 5.56 Å². The highest BCUT2D eigenvalue weighted by molar-refractivity contribution is 5.78. The van der Waals surface area contributed by atoms with Gasteiger partial charge >= 0.3 is 0 Å². The van der Waals surface area contributed by atoms with Crippen LogP contribution in [0.25, 0.3) is 0 Å². The standard InChI is InChI=1S/C10H12N2O/c11-10(13)6-7-2-1-3-9-8(7)4-5-12-9/h1-3,12H,4-6H2,(H2,11,13). The lowest BCUT2D eigenvalue weighted by Crippen LogP contribution is -2.14. The average molecular weight is 176 g/mol. The van der Waals surface area contributed by atoms with Crippen LogP contribution in [0.3, 0.4) is 0 Å². The van der Waals surface area contributed by atoms with E-state index in [1.54, 1.807) is 0 Å². The fourth-order valence-electron chi connectivity index (χ4n) is 1.77. The van der Waals surface area contributed by atoms with Crippen LogP contribution in [0.4, 0.5) is 5.69 Å². The molecule has 1 heterocycles. The third kappa shape index (κ3) is 1.49. The number of hydrogen-bond donors (Lipinski definition) is 2. The highest BCUT2D eigenvalue weighted by atomic mass is 16.1. The predicted octanol–water partition coefficient (Wildman–Crippen LogP) is 0.682. The molecule has 0 aromatic heterocycles. The largest absolute Gasteiger partial charge is 0.384 e. The predicted molar refractivity (Wildman–Crippen MR) is 51.5 cm³/mol. The normalized spacial score (nSPS) is 13.5. The number of hydrogen-bond acceptors (Lipinski definition) is 2. The van der Waals surface area contributed by atoms with Crippen molar-refractivity contribution in [3.05, 3.63) is 29.3 Å². The zero-order valence-corrected chi connectivity index (χ0v) is 7.34. The van der Waals surface area contributed by atoms with E-state index >= 15 is 0 Å². The van der Waals surface area contributed by atoms with E-state index in [1.807, 2.05) is 18.2 Å². The van der Waals surface area contributed by atoms with Crippen LogP contribution in [0.15, 0.2) is 18.2 Å². The van der Waals surface area contributed by atoms with E-state index in [0.29, 0.717) is 6.42 Å². The van der Waals surface area contributed by atoms with Crippen molar-refractivity contribution in [3.8, 4) is 0 Å². The minimum atomic E-state index is -0.264. The van der Waals surface area contributed by atoms with Gasteiger partial charge < -0.3 is 11.1 Å². The van der Waals surface area contributed by atoms with Crippen molar-refractivity contribution >= 4 is 11.6 Å². The van der Waals surface area contributed by atoms with Crippen molar-refractivity contribution < 1.29 is 4.79 Å². The SMILES string of the molecule is NC(=O)Cc1cccc2c1CCN2. The van der Waals surface area contributed by atoms with E-state index in [-0.39, 0.29) is 5.91 Å². The monoisotopic (exact) mass is 176 g/mol. The van der Waals surface area contributed by atoms with Crippen LogP contribution in [-0.4, -0.2) is 12.5 Å². The number of fused-ring (bicyclic) bond motifs is 1. The Bertz CT molecular complexity index is 347. The van der Waals surface area contributed by atoms with E-state index in [9.17, 15) is 4.79 Å². The molecular weight excluding hydrogens is 164 g/mol. The van der Waals surface area contributed by atoms with Gasteiger partial charge in [-0.05, 0) is 23.6 Å². The van der Waals surface area contributed by atoms with Gasteiger partial charge in [-0.2, -0.15) is 0 Å². The molecule has 13 heavy (non-hydrogen) atoms. The van der Waals surface area contributed by atoms with E-state index < -0.39 is 0 Å². The Balaban J connectivity index is 2.36. The summed E-state index contributed by atoms with van der Waals surface area (Å²) in [7, 11) is 0. The van der Waals surface area contributed by atoms with Gasteiger partial charge in [0.1, 0.15) is 0 Å². The maximum Gasteiger partial charge on any atom is 0.221 e. The zero-order valence-electron chi connectivity index (χ0n) is 7.34. The molecule has 0 aliphatic carbocycles. The second-order valence-corrected chi connectivity index (χ2v) is 3.26. The molecule has 68 valence electrons. The smallest absolute Gasteiger partial charge is 0.221 e. The number of primary amides is 1. The molecule has 0 saturated carbocycles. The Hall–Kier alpha value is -1.51. The van der Waals surface area contributed by atoms with Crippen LogP contribution < -0.4 is 11.1 Å². The van der Waals surface area contributed by atoms with Crippen LogP contribution in [0.1, 0.15) is 11.1 Å². The molecule has 0 spiro atoms. The summed E-state index contributed by atoms with van der Waals surface area (Å²) < 4.78 is 0. The first-order chi connectivity index (χ1) is 6.27. The molecule has 3 N–H and O–H groups in total. The summed E-state index contributed by atoms with van der Waals surface area (Å²) in [6, 6.07) is 5.96. The molecule has 0 atom stereocenters. The van der Waals surface area contributed by atoms with Crippen LogP contribution in [0, 0.1) is 0 Å². The van der Waals surface area contributed by atoms with Gasteiger partial charge in [-0.3, -0.25) is 4.79 Å². The highest BCUT2D eigenvalue weighted by Gasteiger charge is 2.14. The first kappa shape index (κ1) is 8.10. The number of benzene rings is 1. The van der Waals surface area contributed by atoms with Crippen LogP contribution in [0.5, 0.6) is 0 Å². The second-order valence-electron chi connectivity index (χ2n) is 3.26. The quantitative estimate of drug-likeness (QED) is 0.696. The lowest BCUT2D eigenvalue weighted by Gasteiger charge is -2.04. The number of anilines is 1. The summed E-state index contributed by atoms with van der Waals surface area (Å²) in [5, 5.41) is 3.26. The number of carbonyl (C=O) groups excluding carboxylic acids is 1. The lowest BCUT2D eigenvalue weighted by atomic mass is 10.0. The maximum absolute atomic E-state index is 10.8. The maximum atomic E-state index is 10.8. The van der Waals surface area contributed by atoms with Gasteiger partial charge in [0, 0.05) is 12.2 Å². The average Bonchev–Trinajstić information content (AvgIpc) is 2.51. The summed E-state index contributed by atoms with van der Waals surface area (Å²) in [5.74, 6) is -0.264. The van der Waals surface area contributed by atoms with Crippen molar-refractivity contribution in [1.29, 1.82) is 0 Å². The molecule has 3 nitrogen and oxygen atoms in total. The van der Waals surface area contributed by atoms with Gasteiger partial charge in [0.2, 0.25) is 5.91 Å². The van der Waals surface area contributed by atoms with Crippen molar-refractivity contribution in [2.75, 3.05) is 11.9 Å². The summed E-state index contributed by atoms with van der Waals surface area (Å²) in [4.78, 5) is 10.8. The minimum absolute atomic E-state index is 0.264. The van der Waals surface area contributed by atoms with Gasteiger partial charge in [0.25, 0.3) is 0 Å². The molecule has 0 bridgehead atoms. The Labute approximate surface area is 76.9 Å². The molecule has 0 unspecified atom stereocenters.